The zero-order valence-electron chi connectivity index (χ0n) is 30.2. The normalized spacial score (nSPS) is 11.6. The molecule has 0 aliphatic carbocycles. The summed E-state index contributed by atoms with van der Waals surface area (Å²) < 4.78 is 9.15. The molecular weight excluding hydrogens is 685 g/mol. The van der Waals surface area contributed by atoms with Crippen molar-refractivity contribution in [2.75, 3.05) is 0 Å². The number of fused-ring (bicyclic) bond motifs is 7. The maximum absolute atomic E-state index is 6.83. The predicted molar refractivity (Wildman–Crippen MR) is 229 cm³/mol. The second-order valence-electron chi connectivity index (χ2n) is 14.0. The molecular formula is C51H32N4O. The molecule has 262 valence electrons. The Hall–Kier alpha value is -7.63. The lowest BCUT2D eigenvalue weighted by Crippen LogP contribution is -2.03. The molecule has 11 rings (SSSR count). The number of para-hydroxylation sites is 2. The van der Waals surface area contributed by atoms with Gasteiger partial charge in [-0.15, -0.1) is 0 Å². The number of nitrogens with zero attached hydrogens (tertiary/aromatic N) is 4. The Kier molecular flexibility index (Phi) is 7.42. The highest BCUT2D eigenvalue weighted by atomic mass is 16.3. The Labute approximate surface area is 322 Å². The van der Waals surface area contributed by atoms with Crippen molar-refractivity contribution in [1.82, 2.24) is 19.5 Å². The van der Waals surface area contributed by atoms with E-state index in [0.29, 0.717) is 17.5 Å². The van der Waals surface area contributed by atoms with Crippen LogP contribution in [-0.4, -0.2) is 19.5 Å². The molecule has 3 heterocycles. The van der Waals surface area contributed by atoms with Crippen molar-refractivity contribution in [1.29, 1.82) is 0 Å². The highest BCUT2D eigenvalue weighted by molar-refractivity contribution is 6.22. The van der Waals surface area contributed by atoms with E-state index in [1.54, 1.807) is 0 Å². The van der Waals surface area contributed by atoms with E-state index in [0.717, 1.165) is 82.8 Å². The van der Waals surface area contributed by atoms with Gasteiger partial charge in [-0.05, 0) is 58.7 Å². The molecule has 0 aliphatic rings. The third kappa shape index (κ3) is 5.29. The highest BCUT2D eigenvalue weighted by Crippen LogP contribution is 2.42. The first kappa shape index (κ1) is 31.9. The molecule has 0 unspecified atom stereocenters. The Balaban J connectivity index is 1.14. The number of furan rings is 1. The third-order valence-corrected chi connectivity index (χ3v) is 10.7. The molecule has 0 saturated heterocycles. The van der Waals surface area contributed by atoms with Crippen LogP contribution in [0.15, 0.2) is 199 Å². The smallest absolute Gasteiger partial charge is 0.166 e. The van der Waals surface area contributed by atoms with Gasteiger partial charge in [0.25, 0.3) is 0 Å². The standard InChI is InChI=1S/C51H32N4O/c1-4-14-33(15-5-1)35-24-26-37(27-25-35)50-52-49(36-18-8-3-9-19-36)53-51(54-50)42-21-11-13-23-45(42)55-44-22-12-10-20-39(44)40-29-30-41-43-32-38(34-16-6-2-7-17-34)28-31-46(43)56-48(41)47(40)55/h1-32H. The van der Waals surface area contributed by atoms with Gasteiger partial charge in [-0.3, -0.25) is 0 Å². The molecule has 3 aromatic heterocycles. The van der Waals surface area contributed by atoms with Crippen LogP contribution in [0.5, 0.6) is 0 Å². The van der Waals surface area contributed by atoms with E-state index < -0.39 is 0 Å². The molecule has 0 spiro atoms. The summed E-state index contributed by atoms with van der Waals surface area (Å²) in [7, 11) is 0. The molecule has 0 aliphatic heterocycles. The maximum Gasteiger partial charge on any atom is 0.166 e. The lowest BCUT2D eigenvalue weighted by molar-refractivity contribution is 0.671. The van der Waals surface area contributed by atoms with Gasteiger partial charge in [0.2, 0.25) is 0 Å². The van der Waals surface area contributed by atoms with Crippen LogP contribution >= 0.6 is 0 Å². The van der Waals surface area contributed by atoms with Crippen LogP contribution in [0.1, 0.15) is 0 Å². The summed E-state index contributed by atoms with van der Waals surface area (Å²) in [5, 5.41) is 4.41. The van der Waals surface area contributed by atoms with E-state index in [4.69, 9.17) is 19.4 Å². The predicted octanol–water partition coefficient (Wildman–Crippen LogP) is 13.2. The Bertz CT molecular complexity index is 3220. The van der Waals surface area contributed by atoms with Crippen molar-refractivity contribution in [3.05, 3.63) is 194 Å². The number of aromatic nitrogens is 4. The van der Waals surface area contributed by atoms with Gasteiger partial charge in [0.1, 0.15) is 5.58 Å². The Morgan fingerprint density at radius 2 is 0.875 bits per heavy atom. The summed E-state index contributed by atoms with van der Waals surface area (Å²) >= 11 is 0. The lowest BCUT2D eigenvalue weighted by atomic mass is 10.0. The Morgan fingerprint density at radius 3 is 1.61 bits per heavy atom. The van der Waals surface area contributed by atoms with Gasteiger partial charge in [-0.25, -0.2) is 15.0 Å². The van der Waals surface area contributed by atoms with Crippen molar-refractivity contribution in [3.8, 4) is 62.1 Å². The SMILES string of the molecule is c1ccc(-c2ccc(-c3nc(-c4ccccc4)nc(-c4ccccc4-n4c5ccccc5c5ccc6c7cc(-c8ccccc8)ccc7oc6c54)n3)cc2)cc1. The average Bonchev–Trinajstić information content (AvgIpc) is 3.83. The van der Waals surface area contributed by atoms with Crippen molar-refractivity contribution < 1.29 is 4.42 Å². The van der Waals surface area contributed by atoms with Crippen molar-refractivity contribution >= 4 is 43.7 Å². The molecule has 0 atom stereocenters. The van der Waals surface area contributed by atoms with E-state index in [9.17, 15) is 0 Å². The molecule has 0 N–H and O–H groups in total. The van der Waals surface area contributed by atoms with E-state index in [-0.39, 0.29) is 0 Å². The summed E-state index contributed by atoms with van der Waals surface area (Å²) in [6, 6.07) is 67.3. The monoisotopic (exact) mass is 716 g/mol. The van der Waals surface area contributed by atoms with Crippen LogP contribution in [0.25, 0.3) is 106 Å². The van der Waals surface area contributed by atoms with Crippen LogP contribution in [0.2, 0.25) is 0 Å². The molecule has 11 aromatic rings. The Morgan fingerprint density at radius 1 is 0.357 bits per heavy atom. The summed E-state index contributed by atoms with van der Waals surface area (Å²) in [5.74, 6) is 1.81. The van der Waals surface area contributed by atoms with Crippen LogP contribution in [0, 0.1) is 0 Å². The molecule has 8 aromatic carbocycles. The molecule has 56 heavy (non-hydrogen) atoms. The third-order valence-electron chi connectivity index (χ3n) is 10.7. The number of rotatable bonds is 6. The van der Waals surface area contributed by atoms with E-state index in [2.05, 4.69) is 156 Å². The van der Waals surface area contributed by atoms with Gasteiger partial charge in [0, 0.05) is 38.2 Å². The topological polar surface area (TPSA) is 56.7 Å². The van der Waals surface area contributed by atoms with Crippen LogP contribution in [-0.2, 0) is 0 Å². The largest absolute Gasteiger partial charge is 0.454 e. The first-order valence-electron chi connectivity index (χ1n) is 18.8. The minimum absolute atomic E-state index is 0.590. The number of hydrogen-bond acceptors (Lipinski definition) is 4. The summed E-state index contributed by atoms with van der Waals surface area (Å²) in [6.45, 7) is 0. The van der Waals surface area contributed by atoms with Crippen LogP contribution < -0.4 is 0 Å². The van der Waals surface area contributed by atoms with Crippen molar-refractivity contribution in [2.45, 2.75) is 0 Å². The van der Waals surface area contributed by atoms with Gasteiger partial charge in [-0.1, -0.05) is 158 Å². The van der Waals surface area contributed by atoms with Gasteiger partial charge in [0.05, 0.1) is 16.7 Å². The van der Waals surface area contributed by atoms with Crippen LogP contribution in [0.3, 0.4) is 0 Å². The minimum Gasteiger partial charge on any atom is -0.454 e. The second kappa shape index (κ2) is 13.0. The number of benzene rings is 8. The zero-order chi connectivity index (χ0) is 37.0. The first-order chi connectivity index (χ1) is 27.8. The van der Waals surface area contributed by atoms with Gasteiger partial charge in [0.15, 0.2) is 23.1 Å². The average molecular weight is 717 g/mol. The lowest BCUT2D eigenvalue weighted by Gasteiger charge is -2.14. The molecule has 5 heteroatoms. The van der Waals surface area contributed by atoms with Gasteiger partial charge >= 0.3 is 0 Å². The highest BCUT2D eigenvalue weighted by Gasteiger charge is 2.22. The van der Waals surface area contributed by atoms with Gasteiger partial charge < -0.3 is 8.98 Å². The molecule has 0 fully saturated rings. The van der Waals surface area contributed by atoms with Crippen molar-refractivity contribution in [2.24, 2.45) is 0 Å². The summed E-state index contributed by atoms with van der Waals surface area (Å²) in [5.41, 5.74) is 12.1. The second-order valence-corrected chi connectivity index (χ2v) is 14.0. The summed E-state index contributed by atoms with van der Waals surface area (Å²) in [4.78, 5) is 15.4. The van der Waals surface area contributed by atoms with Crippen LogP contribution in [0.4, 0.5) is 0 Å². The minimum atomic E-state index is 0.590. The first-order valence-corrected chi connectivity index (χ1v) is 18.8. The van der Waals surface area contributed by atoms with E-state index in [1.165, 1.54) is 5.56 Å². The zero-order valence-corrected chi connectivity index (χ0v) is 30.2. The molecule has 0 bridgehead atoms. The van der Waals surface area contributed by atoms with E-state index >= 15 is 0 Å². The summed E-state index contributed by atoms with van der Waals surface area (Å²) in [6.07, 6.45) is 0. The number of hydrogen-bond donors (Lipinski definition) is 0. The molecule has 0 saturated carbocycles. The van der Waals surface area contributed by atoms with Crippen molar-refractivity contribution in [3.63, 3.8) is 0 Å². The molecule has 0 radical (unpaired) electrons. The van der Waals surface area contributed by atoms with E-state index in [1.807, 2.05) is 42.5 Å². The quantitative estimate of drug-likeness (QED) is 0.172. The molecule has 0 amide bonds. The molecule has 5 nitrogen and oxygen atoms in total. The fraction of sp³-hybridized carbons (Fsp3) is 0. The fourth-order valence-electron chi connectivity index (χ4n) is 7.98. The van der Waals surface area contributed by atoms with Gasteiger partial charge in [-0.2, -0.15) is 0 Å². The fourth-order valence-corrected chi connectivity index (χ4v) is 7.98. The maximum atomic E-state index is 6.83.